The number of imidazole rings is 1. The largest absolute Gasteiger partial charge is 0.327 e. The van der Waals surface area contributed by atoms with Crippen molar-refractivity contribution in [3.63, 3.8) is 0 Å². The third-order valence-electron chi connectivity index (χ3n) is 1.65. The van der Waals surface area contributed by atoms with E-state index in [1.807, 2.05) is 47.6 Å². The van der Waals surface area contributed by atoms with Crippen LogP contribution in [-0.4, -0.2) is 14.5 Å². The normalized spacial score (nSPS) is 7.94. The molecule has 17 heavy (non-hydrogen) atoms. The second-order valence-electron chi connectivity index (χ2n) is 2.36. The Morgan fingerprint density at radius 3 is 2.12 bits per heavy atom. The van der Waals surface area contributed by atoms with Gasteiger partial charge < -0.3 is 4.98 Å². The Balaban J connectivity index is 0. The van der Waals surface area contributed by atoms with Crippen molar-refractivity contribution in [1.82, 2.24) is 14.5 Å². The van der Waals surface area contributed by atoms with Gasteiger partial charge in [-0.15, -0.1) is 0 Å². The molecule has 0 saturated carbocycles. The van der Waals surface area contributed by atoms with Crippen molar-refractivity contribution in [2.45, 2.75) is 41.5 Å². The van der Waals surface area contributed by atoms with Crippen LogP contribution in [0.4, 0.5) is 0 Å². The summed E-state index contributed by atoms with van der Waals surface area (Å²) in [4.78, 5) is 17.7. The summed E-state index contributed by atoms with van der Waals surface area (Å²) in [6, 6.07) is 3.61. The van der Waals surface area contributed by atoms with Crippen LogP contribution in [0.25, 0.3) is 11.2 Å². The van der Waals surface area contributed by atoms with E-state index in [1.165, 1.54) is 4.57 Å². The zero-order valence-electron chi connectivity index (χ0n) is 12.0. The van der Waals surface area contributed by atoms with Crippen LogP contribution in [0.1, 0.15) is 41.5 Å². The van der Waals surface area contributed by atoms with Gasteiger partial charge >= 0.3 is 5.69 Å². The number of nitrogens with zero attached hydrogens (tertiary/aromatic N) is 2. The minimum atomic E-state index is -0.126. The van der Waals surface area contributed by atoms with Crippen molar-refractivity contribution in [3.05, 3.63) is 28.8 Å². The van der Waals surface area contributed by atoms with Gasteiger partial charge in [-0.3, -0.25) is 4.57 Å². The van der Waals surface area contributed by atoms with E-state index in [2.05, 4.69) is 9.97 Å². The molecule has 0 atom stereocenters. The molecule has 0 amide bonds. The molecule has 0 fully saturated rings. The second kappa shape index (κ2) is 10.9. The number of hydrogen-bond donors (Lipinski definition) is 1. The number of aromatic nitrogens is 3. The first-order valence-electron chi connectivity index (χ1n) is 6.29. The van der Waals surface area contributed by atoms with Crippen molar-refractivity contribution >= 4 is 11.2 Å². The Hall–Kier alpha value is -1.58. The molecule has 0 radical (unpaired) electrons. The number of fused-ring (bicyclic) bond motifs is 1. The van der Waals surface area contributed by atoms with Gasteiger partial charge in [-0.05, 0) is 12.1 Å². The van der Waals surface area contributed by atoms with Crippen LogP contribution in [-0.2, 0) is 7.05 Å². The van der Waals surface area contributed by atoms with Gasteiger partial charge in [-0.2, -0.15) is 0 Å². The van der Waals surface area contributed by atoms with Crippen LogP contribution in [0, 0.1) is 0 Å². The first kappa shape index (κ1) is 17.8. The minimum absolute atomic E-state index is 0.126. The van der Waals surface area contributed by atoms with E-state index in [-0.39, 0.29) is 5.69 Å². The van der Waals surface area contributed by atoms with E-state index in [0.717, 1.165) is 5.52 Å². The van der Waals surface area contributed by atoms with Crippen LogP contribution in [0.3, 0.4) is 0 Å². The number of pyridine rings is 1. The van der Waals surface area contributed by atoms with Crippen molar-refractivity contribution in [2.24, 2.45) is 7.05 Å². The lowest BCUT2D eigenvalue weighted by Crippen LogP contribution is -2.12. The highest BCUT2D eigenvalue weighted by molar-refractivity contribution is 5.69. The van der Waals surface area contributed by atoms with Crippen LogP contribution < -0.4 is 5.69 Å². The number of rotatable bonds is 0. The molecule has 0 aliphatic rings. The third kappa shape index (κ3) is 4.85. The smallest absolute Gasteiger partial charge is 0.304 e. The maximum absolute atomic E-state index is 11.0. The molecule has 0 saturated heterocycles. The van der Waals surface area contributed by atoms with Gasteiger partial charge in [0.1, 0.15) is 0 Å². The molecular weight excluding hydrogens is 214 g/mol. The van der Waals surface area contributed by atoms with Crippen LogP contribution in [0.5, 0.6) is 0 Å². The Morgan fingerprint density at radius 2 is 1.65 bits per heavy atom. The fourth-order valence-electron chi connectivity index (χ4n) is 1.06. The fourth-order valence-corrected chi connectivity index (χ4v) is 1.06. The summed E-state index contributed by atoms with van der Waals surface area (Å²) in [5.74, 6) is 0. The summed E-state index contributed by atoms with van der Waals surface area (Å²) in [6.45, 7) is 12.0. The lowest BCUT2D eigenvalue weighted by molar-refractivity contribution is 0.879. The van der Waals surface area contributed by atoms with Gasteiger partial charge in [-0.25, -0.2) is 9.78 Å². The van der Waals surface area contributed by atoms with Gasteiger partial charge in [0.2, 0.25) is 0 Å². The third-order valence-corrected chi connectivity index (χ3v) is 1.65. The molecule has 4 heteroatoms. The summed E-state index contributed by atoms with van der Waals surface area (Å²) >= 11 is 0. The lowest BCUT2D eigenvalue weighted by Gasteiger charge is -1.88. The lowest BCUT2D eigenvalue weighted by atomic mass is 10.4. The highest BCUT2D eigenvalue weighted by Crippen LogP contribution is 2.02. The molecule has 2 rings (SSSR count). The molecule has 2 aromatic heterocycles. The summed E-state index contributed by atoms with van der Waals surface area (Å²) in [7, 11) is 1.69. The van der Waals surface area contributed by atoms with Crippen LogP contribution in [0.2, 0.25) is 0 Å². The molecule has 0 bridgehead atoms. The number of aryl methyl sites for hydroxylation is 1. The minimum Gasteiger partial charge on any atom is -0.304 e. The molecule has 0 spiro atoms. The monoisotopic (exact) mass is 239 g/mol. The molecule has 1 N–H and O–H groups in total. The number of nitrogens with one attached hydrogen (secondary N) is 1. The Morgan fingerprint density at radius 1 is 1.12 bits per heavy atom. The molecule has 0 unspecified atom stereocenters. The predicted molar refractivity (Wildman–Crippen MR) is 75.4 cm³/mol. The van der Waals surface area contributed by atoms with Crippen molar-refractivity contribution < 1.29 is 0 Å². The molecule has 0 aliphatic carbocycles. The summed E-state index contributed by atoms with van der Waals surface area (Å²) in [6.07, 6.45) is 1.66. The second-order valence-corrected chi connectivity index (χ2v) is 2.36. The van der Waals surface area contributed by atoms with Gasteiger partial charge in [0.25, 0.3) is 0 Å². The summed E-state index contributed by atoms with van der Waals surface area (Å²) in [5.41, 5.74) is 1.34. The maximum atomic E-state index is 11.0. The average Bonchev–Trinajstić information content (AvgIpc) is 2.73. The molecule has 0 aromatic carbocycles. The van der Waals surface area contributed by atoms with Gasteiger partial charge in [-0.1, -0.05) is 41.5 Å². The van der Waals surface area contributed by atoms with Gasteiger partial charge in [0.15, 0.2) is 5.65 Å². The Labute approximate surface area is 104 Å². The van der Waals surface area contributed by atoms with Crippen molar-refractivity contribution in [2.75, 3.05) is 0 Å². The van der Waals surface area contributed by atoms with E-state index in [1.54, 1.807) is 19.3 Å². The maximum Gasteiger partial charge on any atom is 0.327 e. The zero-order valence-corrected chi connectivity index (χ0v) is 12.0. The number of H-pyrrole nitrogens is 1. The van der Waals surface area contributed by atoms with E-state index >= 15 is 0 Å². The first-order valence-corrected chi connectivity index (χ1v) is 6.29. The van der Waals surface area contributed by atoms with Crippen LogP contribution in [0.15, 0.2) is 23.1 Å². The van der Waals surface area contributed by atoms with Crippen molar-refractivity contribution in [1.29, 1.82) is 0 Å². The van der Waals surface area contributed by atoms with E-state index in [0.29, 0.717) is 5.65 Å². The average molecular weight is 239 g/mol. The van der Waals surface area contributed by atoms with E-state index < -0.39 is 0 Å². The first-order chi connectivity index (χ1) is 8.29. The van der Waals surface area contributed by atoms with Gasteiger partial charge in [0, 0.05) is 13.2 Å². The zero-order chi connectivity index (χ0) is 13.8. The van der Waals surface area contributed by atoms with Gasteiger partial charge in [0.05, 0.1) is 5.52 Å². The molecule has 4 nitrogen and oxygen atoms in total. The predicted octanol–water partition coefficient (Wildman–Crippen LogP) is 3.34. The topological polar surface area (TPSA) is 50.7 Å². The standard InChI is InChI=1S/C7H7N3O.3C2H6/c1-10-6-5(9-7(10)11)3-2-4-8-6;3*1-2/h2-4H,1H3,(H,9,11);3*1-2H3. The molecular formula is C13H25N3O. The van der Waals surface area contributed by atoms with E-state index in [9.17, 15) is 4.79 Å². The molecule has 98 valence electrons. The van der Waals surface area contributed by atoms with Crippen LogP contribution >= 0.6 is 0 Å². The Kier molecular flexibility index (Phi) is 11.4. The summed E-state index contributed by atoms with van der Waals surface area (Å²) in [5, 5.41) is 0. The number of aromatic amines is 1. The van der Waals surface area contributed by atoms with E-state index in [4.69, 9.17) is 0 Å². The molecule has 0 aliphatic heterocycles. The quantitative estimate of drug-likeness (QED) is 0.766. The molecule has 2 aromatic rings. The summed E-state index contributed by atoms with van der Waals surface area (Å²) < 4.78 is 1.48. The highest BCUT2D eigenvalue weighted by atomic mass is 16.1. The Bertz CT molecular complexity index is 443. The number of hydrogen-bond acceptors (Lipinski definition) is 2. The fraction of sp³-hybridized carbons (Fsp3) is 0.538. The van der Waals surface area contributed by atoms with Crippen molar-refractivity contribution in [3.8, 4) is 0 Å². The molecule has 2 heterocycles. The SMILES string of the molecule is CC.CC.CC.Cn1c(=O)[nH]c2cccnc21. The highest BCUT2D eigenvalue weighted by Gasteiger charge is 2.00.